The molecule has 2 heterocycles. The van der Waals surface area contributed by atoms with Gasteiger partial charge in [0.25, 0.3) is 5.71 Å². The number of aryl methyl sites for hydroxylation is 2. The quantitative estimate of drug-likeness (QED) is 0.772. The first-order valence-electron chi connectivity index (χ1n) is 6.13. The number of hydrogen-bond donors (Lipinski definition) is 1. The Morgan fingerprint density at radius 1 is 1.20 bits per heavy atom. The van der Waals surface area contributed by atoms with Crippen molar-refractivity contribution in [3.8, 4) is 11.3 Å². The molecule has 0 bridgehead atoms. The molecule has 5 nitrogen and oxygen atoms in total. The van der Waals surface area contributed by atoms with E-state index in [1.807, 2.05) is 31.2 Å². The predicted molar refractivity (Wildman–Crippen MR) is 73.7 cm³/mol. The zero-order chi connectivity index (χ0) is 14.3. The van der Waals surface area contributed by atoms with E-state index in [0.717, 1.165) is 11.1 Å². The van der Waals surface area contributed by atoms with E-state index in [4.69, 9.17) is 4.52 Å². The van der Waals surface area contributed by atoms with Crippen LogP contribution >= 0.6 is 0 Å². The molecule has 2 aromatic heterocycles. The molecule has 0 unspecified atom stereocenters. The fourth-order valence-corrected chi connectivity index (χ4v) is 2.15. The number of benzene rings is 1. The lowest BCUT2D eigenvalue weighted by atomic mass is 10.0. The van der Waals surface area contributed by atoms with Gasteiger partial charge in [-0.15, -0.1) is 0 Å². The van der Waals surface area contributed by atoms with Gasteiger partial charge in [-0.05, 0) is 19.9 Å². The van der Waals surface area contributed by atoms with Crippen molar-refractivity contribution in [1.82, 2.24) is 10.1 Å². The Morgan fingerprint density at radius 3 is 2.55 bits per heavy atom. The fraction of sp³-hybridized carbons (Fsp3) is 0.133. The summed E-state index contributed by atoms with van der Waals surface area (Å²) in [6.45, 7) is 3.71. The molecule has 20 heavy (non-hydrogen) atoms. The molecule has 1 N–H and O–H groups in total. The molecule has 3 aromatic rings. The maximum absolute atomic E-state index is 11.4. The highest BCUT2D eigenvalue weighted by Gasteiger charge is 2.20. The SMILES string of the molecule is Cc1ccc(-c2noc3nc(C)cc(C(=O)O)c23)cc1. The van der Waals surface area contributed by atoms with Crippen LogP contribution < -0.4 is 0 Å². The molecule has 0 aliphatic carbocycles. The van der Waals surface area contributed by atoms with Crippen LogP contribution in [0.5, 0.6) is 0 Å². The second kappa shape index (κ2) is 4.45. The summed E-state index contributed by atoms with van der Waals surface area (Å²) < 4.78 is 5.18. The molecule has 0 atom stereocenters. The summed E-state index contributed by atoms with van der Waals surface area (Å²) in [6, 6.07) is 9.19. The highest BCUT2D eigenvalue weighted by Crippen LogP contribution is 2.30. The minimum absolute atomic E-state index is 0.157. The van der Waals surface area contributed by atoms with Gasteiger partial charge < -0.3 is 9.63 Å². The van der Waals surface area contributed by atoms with Gasteiger partial charge in [0.2, 0.25) is 0 Å². The molecule has 0 spiro atoms. The van der Waals surface area contributed by atoms with E-state index in [2.05, 4.69) is 10.1 Å². The average Bonchev–Trinajstić information content (AvgIpc) is 2.82. The van der Waals surface area contributed by atoms with Crippen LogP contribution in [0.2, 0.25) is 0 Å². The third-order valence-electron chi connectivity index (χ3n) is 3.13. The molecule has 0 aliphatic heterocycles. The third kappa shape index (κ3) is 1.93. The summed E-state index contributed by atoms with van der Waals surface area (Å²) in [7, 11) is 0. The summed E-state index contributed by atoms with van der Waals surface area (Å²) >= 11 is 0. The van der Waals surface area contributed by atoms with Crippen molar-refractivity contribution in [2.24, 2.45) is 0 Å². The molecule has 0 saturated heterocycles. The summed E-state index contributed by atoms with van der Waals surface area (Å²) in [5, 5.41) is 13.8. The van der Waals surface area contributed by atoms with Crippen molar-refractivity contribution in [3.05, 3.63) is 47.2 Å². The minimum atomic E-state index is -1.02. The van der Waals surface area contributed by atoms with E-state index in [-0.39, 0.29) is 11.3 Å². The third-order valence-corrected chi connectivity index (χ3v) is 3.13. The summed E-state index contributed by atoms with van der Waals surface area (Å²) in [6.07, 6.45) is 0. The van der Waals surface area contributed by atoms with Gasteiger partial charge in [-0.1, -0.05) is 35.0 Å². The zero-order valence-electron chi connectivity index (χ0n) is 11.0. The van der Waals surface area contributed by atoms with Gasteiger partial charge in [-0.25, -0.2) is 9.78 Å². The van der Waals surface area contributed by atoms with Gasteiger partial charge >= 0.3 is 5.97 Å². The number of rotatable bonds is 2. The molecule has 100 valence electrons. The minimum Gasteiger partial charge on any atom is -0.478 e. The van der Waals surface area contributed by atoms with Crippen molar-refractivity contribution < 1.29 is 14.4 Å². The lowest BCUT2D eigenvalue weighted by Gasteiger charge is -2.01. The number of hydrogen-bond acceptors (Lipinski definition) is 4. The Kier molecular flexibility index (Phi) is 2.75. The molecular weight excluding hydrogens is 256 g/mol. The van der Waals surface area contributed by atoms with Crippen LogP contribution in [0.15, 0.2) is 34.9 Å². The molecule has 0 fully saturated rings. The number of fused-ring (bicyclic) bond motifs is 1. The van der Waals surface area contributed by atoms with Gasteiger partial charge in [-0.3, -0.25) is 0 Å². The fourth-order valence-electron chi connectivity index (χ4n) is 2.15. The van der Waals surface area contributed by atoms with Crippen LogP contribution in [0.3, 0.4) is 0 Å². The summed E-state index contributed by atoms with van der Waals surface area (Å²) in [5.74, 6) is -1.02. The highest BCUT2D eigenvalue weighted by molar-refractivity contribution is 6.06. The molecule has 0 amide bonds. The van der Waals surface area contributed by atoms with Crippen molar-refractivity contribution >= 4 is 17.1 Å². The zero-order valence-corrected chi connectivity index (χ0v) is 11.0. The predicted octanol–water partition coefficient (Wildman–Crippen LogP) is 3.20. The smallest absolute Gasteiger partial charge is 0.336 e. The Labute approximate surface area is 114 Å². The summed E-state index contributed by atoms with van der Waals surface area (Å²) in [5.41, 5.74) is 3.42. The number of carbonyl (C=O) groups is 1. The second-order valence-electron chi connectivity index (χ2n) is 4.69. The van der Waals surface area contributed by atoms with Crippen LogP contribution in [0, 0.1) is 13.8 Å². The molecule has 5 heteroatoms. The number of aromatic nitrogens is 2. The lowest BCUT2D eigenvalue weighted by molar-refractivity contribution is 0.0699. The molecule has 3 rings (SSSR count). The normalized spacial score (nSPS) is 10.9. The van der Waals surface area contributed by atoms with Crippen molar-refractivity contribution in [3.63, 3.8) is 0 Å². The molecule has 0 saturated carbocycles. The van der Waals surface area contributed by atoms with E-state index < -0.39 is 5.97 Å². The van der Waals surface area contributed by atoms with Crippen LogP contribution in [0.25, 0.3) is 22.4 Å². The first-order chi connectivity index (χ1) is 9.56. The number of pyridine rings is 1. The van der Waals surface area contributed by atoms with Crippen molar-refractivity contribution in [2.75, 3.05) is 0 Å². The van der Waals surface area contributed by atoms with Crippen LogP contribution in [-0.2, 0) is 0 Å². The molecule has 0 aliphatic rings. The second-order valence-corrected chi connectivity index (χ2v) is 4.69. The molecule has 0 radical (unpaired) electrons. The number of aromatic carboxylic acids is 1. The monoisotopic (exact) mass is 268 g/mol. The molecule has 1 aromatic carbocycles. The van der Waals surface area contributed by atoms with Gasteiger partial charge in [-0.2, -0.15) is 0 Å². The van der Waals surface area contributed by atoms with E-state index in [1.54, 1.807) is 6.92 Å². The first-order valence-corrected chi connectivity index (χ1v) is 6.13. The first kappa shape index (κ1) is 12.3. The van der Waals surface area contributed by atoms with Gasteiger partial charge in [0.15, 0.2) is 0 Å². The number of carboxylic acids is 1. The van der Waals surface area contributed by atoms with Gasteiger partial charge in [0.05, 0.1) is 10.9 Å². The van der Waals surface area contributed by atoms with E-state index in [0.29, 0.717) is 16.8 Å². The maximum Gasteiger partial charge on any atom is 0.336 e. The van der Waals surface area contributed by atoms with Crippen molar-refractivity contribution in [2.45, 2.75) is 13.8 Å². The Balaban J connectivity index is 2.32. The topological polar surface area (TPSA) is 76.2 Å². The largest absolute Gasteiger partial charge is 0.478 e. The standard InChI is InChI=1S/C15H12N2O3/c1-8-3-5-10(6-4-8)13-12-11(15(18)19)7-9(2)16-14(12)20-17-13/h3-7H,1-2H3,(H,18,19). The molecular formula is C15H12N2O3. The number of nitrogens with zero attached hydrogens (tertiary/aromatic N) is 2. The summed E-state index contributed by atoms with van der Waals surface area (Å²) in [4.78, 5) is 15.6. The van der Waals surface area contributed by atoms with Crippen LogP contribution in [0.1, 0.15) is 21.6 Å². The average molecular weight is 268 g/mol. The van der Waals surface area contributed by atoms with Crippen molar-refractivity contribution in [1.29, 1.82) is 0 Å². The lowest BCUT2D eigenvalue weighted by Crippen LogP contribution is -1.99. The van der Waals surface area contributed by atoms with Crippen LogP contribution in [0.4, 0.5) is 0 Å². The number of carboxylic acid groups (broad SMARTS) is 1. The maximum atomic E-state index is 11.4. The van der Waals surface area contributed by atoms with Gasteiger partial charge in [0, 0.05) is 11.3 Å². The highest BCUT2D eigenvalue weighted by atomic mass is 16.5. The Bertz CT molecular complexity index is 804. The van der Waals surface area contributed by atoms with Crippen LogP contribution in [-0.4, -0.2) is 21.2 Å². The van der Waals surface area contributed by atoms with E-state index in [9.17, 15) is 9.90 Å². The van der Waals surface area contributed by atoms with E-state index >= 15 is 0 Å². The van der Waals surface area contributed by atoms with E-state index in [1.165, 1.54) is 6.07 Å². The Morgan fingerprint density at radius 2 is 1.90 bits per heavy atom. The Hall–Kier alpha value is -2.69. The van der Waals surface area contributed by atoms with Gasteiger partial charge in [0.1, 0.15) is 5.69 Å².